The second-order valence-electron chi connectivity index (χ2n) is 15.1. The van der Waals surface area contributed by atoms with E-state index in [1.165, 1.54) is 11.1 Å². The molecule has 3 saturated heterocycles. The van der Waals surface area contributed by atoms with Gasteiger partial charge >= 0.3 is 13.2 Å². The van der Waals surface area contributed by atoms with Gasteiger partial charge in [0.2, 0.25) is 0 Å². The maximum atomic E-state index is 12.4. The zero-order valence-corrected chi connectivity index (χ0v) is 29.3. The summed E-state index contributed by atoms with van der Waals surface area (Å²) in [5, 5.41) is 6.14. The van der Waals surface area contributed by atoms with Crippen molar-refractivity contribution < 1.29 is 23.6 Å². The number of rotatable bonds is 7. The van der Waals surface area contributed by atoms with E-state index in [9.17, 15) is 4.79 Å². The van der Waals surface area contributed by atoms with Gasteiger partial charge in [0.15, 0.2) is 6.23 Å². The summed E-state index contributed by atoms with van der Waals surface area (Å²) in [5.74, 6) is 1.98. The number of aromatic nitrogens is 2. The van der Waals surface area contributed by atoms with Gasteiger partial charge in [0.25, 0.3) is 0 Å². The number of carbonyl (C=O) groups excluding carboxylic acids is 1. The first-order chi connectivity index (χ1) is 22.3. The van der Waals surface area contributed by atoms with Gasteiger partial charge in [0.05, 0.1) is 22.4 Å². The third kappa shape index (κ3) is 7.77. The summed E-state index contributed by atoms with van der Waals surface area (Å²) in [6, 6.07) is 15.5. The molecule has 1 unspecified atom stereocenters. The van der Waals surface area contributed by atoms with Crippen LogP contribution in [-0.2, 0) is 25.2 Å². The molecule has 252 valence electrons. The molecule has 3 aliphatic rings. The summed E-state index contributed by atoms with van der Waals surface area (Å²) < 4.78 is 26.2. The number of ether oxygens (including phenoxy) is 2. The smallest absolute Gasteiger partial charge is 0.444 e. The van der Waals surface area contributed by atoms with Crippen molar-refractivity contribution in [3.8, 4) is 11.1 Å². The fraction of sp³-hybridized carbons (Fsp3) is 0.568. The first kappa shape index (κ1) is 33.7. The van der Waals surface area contributed by atoms with Gasteiger partial charge in [0.1, 0.15) is 5.60 Å². The molecule has 1 atom stereocenters. The van der Waals surface area contributed by atoms with Crippen LogP contribution in [0.15, 0.2) is 48.4 Å². The zero-order chi connectivity index (χ0) is 33.4. The number of carbonyl (C=O) groups is 1. The Morgan fingerprint density at radius 3 is 2.30 bits per heavy atom. The molecule has 4 heterocycles. The lowest BCUT2D eigenvalue weighted by atomic mass is 9.89. The van der Waals surface area contributed by atoms with E-state index < -0.39 is 23.9 Å². The van der Waals surface area contributed by atoms with Crippen LogP contribution in [0.25, 0.3) is 28.1 Å². The van der Waals surface area contributed by atoms with Crippen LogP contribution in [0, 0.1) is 0 Å². The van der Waals surface area contributed by atoms with Gasteiger partial charge in [-0.1, -0.05) is 36.3 Å². The lowest BCUT2D eigenvalue weighted by molar-refractivity contribution is -0.0367. The predicted molar refractivity (Wildman–Crippen MR) is 187 cm³/mol. The van der Waals surface area contributed by atoms with Gasteiger partial charge in [0, 0.05) is 44.7 Å². The van der Waals surface area contributed by atoms with Crippen molar-refractivity contribution in [1.82, 2.24) is 19.6 Å². The molecule has 0 bridgehead atoms. The highest BCUT2D eigenvalue weighted by molar-refractivity contribution is 6.52. The average molecular weight is 643 g/mol. The van der Waals surface area contributed by atoms with Crippen molar-refractivity contribution in [3.05, 3.63) is 59.7 Å². The number of nitrogens with zero attached hydrogens (tertiary/aromatic N) is 4. The fourth-order valence-electron chi connectivity index (χ4n) is 6.37. The standard InChI is InChI=1S/C37H51BN4O5/c1-35(2,3)45-34(43)41-23-21-40(22-24-41)20-18-27-11-13-28(14-12-27)29-15-16-32-30(26-29)31(39-42(32)33-10-8-9-25-44-33)17-19-38-46-36(4,5)37(6,7)47-38/h11-17,19,26,33H,8-10,18,20-25H2,1-7H3/b19-17+. The normalized spacial score (nSPS) is 22.0. The summed E-state index contributed by atoms with van der Waals surface area (Å²) in [6.45, 7) is 18.9. The lowest BCUT2D eigenvalue weighted by Crippen LogP contribution is -2.50. The molecule has 0 radical (unpaired) electrons. The highest BCUT2D eigenvalue weighted by Gasteiger charge is 2.50. The van der Waals surface area contributed by atoms with E-state index in [2.05, 4.69) is 79.7 Å². The molecular weight excluding hydrogens is 591 g/mol. The molecule has 1 amide bonds. The maximum absolute atomic E-state index is 12.4. The third-order valence-corrected chi connectivity index (χ3v) is 9.87. The van der Waals surface area contributed by atoms with E-state index >= 15 is 0 Å². The molecule has 10 heteroatoms. The first-order valence-corrected chi connectivity index (χ1v) is 17.3. The summed E-state index contributed by atoms with van der Waals surface area (Å²) in [7, 11) is -0.435. The average Bonchev–Trinajstić information content (AvgIpc) is 3.50. The fourth-order valence-corrected chi connectivity index (χ4v) is 6.37. The molecule has 9 nitrogen and oxygen atoms in total. The quantitative estimate of drug-likeness (QED) is 0.254. The van der Waals surface area contributed by atoms with Crippen LogP contribution < -0.4 is 0 Å². The van der Waals surface area contributed by atoms with E-state index in [-0.39, 0.29) is 12.3 Å². The largest absolute Gasteiger partial charge is 0.487 e. The highest BCUT2D eigenvalue weighted by Crippen LogP contribution is 2.38. The van der Waals surface area contributed by atoms with Crippen molar-refractivity contribution in [2.75, 3.05) is 39.3 Å². The van der Waals surface area contributed by atoms with E-state index in [1.807, 2.05) is 37.7 Å². The Hall–Kier alpha value is -3.18. The number of fused-ring (bicyclic) bond motifs is 1. The molecule has 2 aromatic carbocycles. The number of piperazine rings is 1. The molecule has 3 fully saturated rings. The van der Waals surface area contributed by atoms with Crippen LogP contribution in [0.4, 0.5) is 4.79 Å². The second kappa shape index (κ2) is 13.4. The predicted octanol–water partition coefficient (Wildman–Crippen LogP) is 7.14. The van der Waals surface area contributed by atoms with Crippen LogP contribution >= 0.6 is 0 Å². The SMILES string of the molecule is CC(C)(C)OC(=O)N1CCN(CCc2ccc(-c3ccc4c(c3)c(/C=C/B3OC(C)(C)C(C)(C)O3)nn4C3CCCCO3)cc2)CC1. The highest BCUT2D eigenvalue weighted by atomic mass is 16.7. The van der Waals surface area contributed by atoms with Gasteiger partial charge in [-0.3, -0.25) is 4.90 Å². The van der Waals surface area contributed by atoms with Gasteiger partial charge in [-0.05, 0) is 109 Å². The molecule has 1 aromatic heterocycles. The van der Waals surface area contributed by atoms with Crippen molar-refractivity contribution in [3.63, 3.8) is 0 Å². The summed E-state index contributed by atoms with van der Waals surface area (Å²) in [4.78, 5) is 16.6. The Balaban J connectivity index is 1.14. The Morgan fingerprint density at radius 1 is 0.979 bits per heavy atom. The number of hydrogen-bond acceptors (Lipinski definition) is 7. The van der Waals surface area contributed by atoms with E-state index in [1.54, 1.807) is 0 Å². The monoisotopic (exact) mass is 642 g/mol. The Kier molecular flexibility index (Phi) is 9.60. The van der Waals surface area contributed by atoms with Crippen molar-refractivity contribution >= 4 is 30.2 Å². The Bertz CT molecular complexity index is 1560. The lowest BCUT2D eigenvalue weighted by Gasteiger charge is -2.35. The molecule has 0 aliphatic carbocycles. The summed E-state index contributed by atoms with van der Waals surface area (Å²) >= 11 is 0. The molecular formula is C37H51BN4O5. The van der Waals surface area contributed by atoms with Crippen LogP contribution in [0.5, 0.6) is 0 Å². The van der Waals surface area contributed by atoms with E-state index in [4.69, 9.17) is 23.9 Å². The molecule has 3 aromatic rings. The summed E-state index contributed by atoms with van der Waals surface area (Å²) in [5.41, 5.74) is 4.32. The Labute approximate surface area is 280 Å². The van der Waals surface area contributed by atoms with Gasteiger partial charge < -0.3 is 23.7 Å². The number of benzene rings is 2. The van der Waals surface area contributed by atoms with Gasteiger partial charge in [-0.15, -0.1) is 0 Å². The van der Waals surface area contributed by atoms with Crippen molar-refractivity contribution in [2.24, 2.45) is 0 Å². The van der Waals surface area contributed by atoms with E-state index in [0.717, 1.165) is 74.1 Å². The summed E-state index contributed by atoms with van der Waals surface area (Å²) in [6.07, 6.45) is 5.91. The maximum Gasteiger partial charge on any atom is 0.487 e. The van der Waals surface area contributed by atoms with Crippen LogP contribution in [0.3, 0.4) is 0 Å². The van der Waals surface area contributed by atoms with Crippen LogP contribution in [0.2, 0.25) is 0 Å². The molecule has 0 saturated carbocycles. The molecule has 3 aliphatic heterocycles. The Morgan fingerprint density at radius 2 is 1.66 bits per heavy atom. The first-order valence-electron chi connectivity index (χ1n) is 17.3. The van der Waals surface area contributed by atoms with Crippen molar-refractivity contribution in [2.45, 2.75) is 97.2 Å². The minimum absolute atomic E-state index is 0.0596. The molecule has 47 heavy (non-hydrogen) atoms. The minimum Gasteiger partial charge on any atom is -0.444 e. The molecule has 6 rings (SSSR count). The van der Waals surface area contributed by atoms with Crippen LogP contribution in [-0.4, -0.2) is 88.9 Å². The van der Waals surface area contributed by atoms with Gasteiger partial charge in [-0.25, -0.2) is 9.48 Å². The molecule has 0 N–H and O–H groups in total. The van der Waals surface area contributed by atoms with Crippen LogP contribution in [0.1, 0.15) is 85.2 Å². The van der Waals surface area contributed by atoms with E-state index in [0.29, 0.717) is 13.1 Å². The third-order valence-electron chi connectivity index (χ3n) is 9.87. The minimum atomic E-state index is -0.466. The van der Waals surface area contributed by atoms with Gasteiger partial charge in [-0.2, -0.15) is 5.10 Å². The topological polar surface area (TPSA) is 78.3 Å². The zero-order valence-electron chi connectivity index (χ0n) is 29.3. The molecule has 0 spiro atoms. The number of hydrogen-bond donors (Lipinski definition) is 0. The van der Waals surface area contributed by atoms with Crippen molar-refractivity contribution in [1.29, 1.82) is 0 Å². The second-order valence-corrected chi connectivity index (χ2v) is 15.1. The number of amides is 1.